The van der Waals surface area contributed by atoms with E-state index in [1.807, 2.05) is 6.07 Å². The summed E-state index contributed by atoms with van der Waals surface area (Å²) >= 11 is 0. The Kier molecular flexibility index (Phi) is 3.72. The van der Waals surface area contributed by atoms with Crippen LogP contribution < -0.4 is 16.4 Å². The van der Waals surface area contributed by atoms with Crippen molar-refractivity contribution in [2.45, 2.75) is 13.0 Å². The number of likely N-dealkylation sites (N-methyl/N-ethyl adjacent to an activating group) is 1. The van der Waals surface area contributed by atoms with Gasteiger partial charge in [0, 0.05) is 7.05 Å². The van der Waals surface area contributed by atoms with E-state index >= 15 is 0 Å². The molecule has 84 valence electrons. The molecule has 0 bridgehead atoms. The summed E-state index contributed by atoms with van der Waals surface area (Å²) < 4.78 is 0. The number of para-hydroxylation sites is 1. The molecule has 0 spiro atoms. The van der Waals surface area contributed by atoms with Crippen molar-refractivity contribution >= 4 is 17.3 Å². The molecule has 16 heavy (non-hydrogen) atoms. The molecule has 4 N–H and O–H groups in total. The van der Waals surface area contributed by atoms with E-state index in [0.29, 0.717) is 16.9 Å². The lowest BCUT2D eigenvalue weighted by molar-refractivity contribution is -0.121. The summed E-state index contributed by atoms with van der Waals surface area (Å²) in [7, 11) is 1.57. The van der Waals surface area contributed by atoms with E-state index in [4.69, 9.17) is 11.0 Å². The Morgan fingerprint density at radius 2 is 2.25 bits per heavy atom. The molecule has 1 amide bonds. The summed E-state index contributed by atoms with van der Waals surface area (Å²) in [6.07, 6.45) is 0. The number of carbonyl (C=O) groups excluding carboxylic acids is 1. The number of amides is 1. The van der Waals surface area contributed by atoms with Crippen molar-refractivity contribution in [2.75, 3.05) is 18.1 Å². The number of benzene rings is 1. The van der Waals surface area contributed by atoms with Crippen LogP contribution in [0.25, 0.3) is 0 Å². The lowest BCUT2D eigenvalue weighted by Gasteiger charge is -2.15. The largest absolute Gasteiger partial charge is 0.396 e. The number of nitrogens with one attached hydrogen (secondary N) is 2. The van der Waals surface area contributed by atoms with Gasteiger partial charge in [-0.05, 0) is 19.1 Å². The molecular weight excluding hydrogens is 204 g/mol. The minimum absolute atomic E-state index is 0.137. The van der Waals surface area contributed by atoms with Gasteiger partial charge in [-0.2, -0.15) is 5.26 Å². The monoisotopic (exact) mass is 218 g/mol. The first-order chi connectivity index (χ1) is 7.60. The van der Waals surface area contributed by atoms with Gasteiger partial charge >= 0.3 is 0 Å². The van der Waals surface area contributed by atoms with E-state index in [2.05, 4.69) is 10.6 Å². The van der Waals surface area contributed by atoms with E-state index in [-0.39, 0.29) is 5.91 Å². The number of carbonyl (C=O) groups is 1. The topological polar surface area (TPSA) is 90.9 Å². The Hall–Kier alpha value is -2.22. The third-order valence-electron chi connectivity index (χ3n) is 2.24. The molecule has 0 aliphatic heterocycles. The summed E-state index contributed by atoms with van der Waals surface area (Å²) in [5.41, 5.74) is 7.12. The number of hydrogen-bond donors (Lipinski definition) is 3. The van der Waals surface area contributed by atoms with E-state index in [9.17, 15) is 4.79 Å². The van der Waals surface area contributed by atoms with Crippen LogP contribution in [0.15, 0.2) is 18.2 Å². The van der Waals surface area contributed by atoms with Crippen molar-refractivity contribution in [1.29, 1.82) is 5.26 Å². The predicted molar refractivity (Wildman–Crippen MR) is 62.7 cm³/mol. The molecule has 1 aromatic rings. The summed E-state index contributed by atoms with van der Waals surface area (Å²) in [4.78, 5) is 11.3. The van der Waals surface area contributed by atoms with Gasteiger partial charge in [-0.25, -0.2) is 0 Å². The molecule has 5 nitrogen and oxygen atoms in total. The molecule has 0 aliphatic carbocycles. The molecule has 0 heterocycles. The van der Waals surface area contributed by atoms with Gasteiger partial charge in [0.2, 0.25) is 5.91 Å². The lowest BCUT2D eigenvalue weighted by atomic mass is 10.1. The standard InChI is InChI=1S/C11H14N4O/c1-7(11(16)14-2)15-9-5-3-4-8(6-12)10(9)13/h3-5,7,15H,13H2,1-2H3,(H,14,16). The maximum absolute atomic E-state index is 11.3. The summed E-state index contributed by atoms with van der Waals surface area (Å²) in [6.45, 7) is 1.72. The fourth-order valence-corrected chi connectivity index (χ4v) is 1.30. The molecule has 0 aliphatic rings. The Balaban J connectivity index is 2.90. The van der Waals surface area contributed by atoms with E-state index in [1.54, 1.807) is 32.2 Å². The number of rotatable bonds is 3. The lowest BCUT2D eigenvalue weighted by Crippen LogP contribution is -2.35. The Morgan fingerprint density at radius 1 is 1.56 bits per heavy atom. The SMILES string of the molecule is CNC(=O)C(C)Nc1cccc(C#N)c1N. The van der Waals surface area contributed by atoms with Crippen molar-refractivity contribution in [3.63, 3.8) is 0 Å². The van der Waals surface area contributed by atoms with Gasteiger partial charge < -0.3 is 16.4 Å². The zero-order valence-corrected chi connectivity index (χ0v) is 9.24. The number of hydrogen-bond acceptors (Lipinski definition) is 4. The highest BCUT2D eigenvalue weighted by Crippen LogP contribution is 2.22. The van der Waals surface area contributed by atoms with Crippen LogP contribution in [0.1, 0.15) is 12.5 Å². The van der Waals surface area contributed by atoms with Crippen LogP contribution in [0.2, 0.25) is 0 Å². The number of nitrogens with two attached hydrogens (primary N) is 1. The first kappa shape index (κ1) is 11.9. The molecule has 0 aromatic heterocycles. The van der Waals surface area contributed by atoms with Gasteiger partial charge in [0.25, 0.3) is 0 Å². The highest BCUT2D eigenvalue weighted by Gasteiger charge is 2.12. The number of nitriles is 1. The van der Waals surface area contributed by atoms with Gasteiger partial charge in [0.15, 0.2) is 0 Å². The summed E-state index contributed by atoms with van der Waals surface area (Å²) in [6, 6.07) is 6.66. The van der Waals surface area contributed by atoms with Crippen LogP contribution in [0, 0.1) is 11.3 Å². The zero-order chi connectivity index (χ0) is 12.1. The van der Waals surface area contributed by atoms with Crippen molar-refractivity contribution in [3.05, 3.63) is 23.8 Å². The maximum Gasteiger partial charge on any atom is 0.241 e. The van der Waals surface area contributed by atoms with Gasteiger partial charge in [0.1, 0.15) is 12.1 Å². The highest BCUT2D eigenvalue weighted by atomic mass is 16.2. The van der Waals surface area contributed by atoms with E-state index < -0.39 is 6.04 Å². The smallest absolute Gasteiger partial charge is 0.241 e. The molecule has 1 atom stereocenters. The molecule has 1 rings (SSSR count). The maximum atomic E-state index is 11.3. The number of anilines is 2. The second-order valence-corrected chi connectivity index (χ2v) is 3.36. The van der Waals surface area contributed by atoms with Gasteiger partial charge in [-0.1, -0.05) is 6.07 Å². The third-order valence-corrected chi connectivity index (χ3v) is 2.24. The van der Waals surface area contributed by atoms with Crippen LogP contribution in [0.5, 0.6) is 0 Å². The van der Waals surface area contributed by atoms with Crippen LogP contribution >= 0.6 is 0 Å². The average Bonchev–Trinajstić information content (AvgIpc) is 2.30. The minimum Gasteiger partial charge on any atom is -0.396 e. The normalized spacial score (nSPS) is 11.3. The van der Waals surface area contributed by atoms with Crippen LogP contribution in [-0.2, 0) is 4.79 Å². The predicted octanol–water partition coefficient (Wildman–Crippen LogP) is 0.687. The van der Waals surface area contributed by atoms with Crippen molar-refractivity contribution in [2.24, 2.45) is 0 Å². The zero-order valence-electron chi connectivity index (χ0n) is 9.24. The number of nitrogens with zero attached hydrogens (tertiary/aromatic N) is 1. The second kappa shape index (κ2) is 5.03. The molecule has 5 heteroatoms. The molecule has 1 aromatic carbocycles. The molecular formula is C11H14N4O. The number of nitrogen functional groups attached to an aromatic ring is 1. The van der Waals surface area contributed by atoms with Crippen molar-refractivity contribution in [3.8, 4) is 6.07 Å². The quantitative estimate of drug-likeness (QED) is 0.651. The summed E-state index contributed by atoms with van der Waals surface area (Å²) in [5.74, 6) is -0.137. The molecule has 0 saturated carbocycles. The van der Waals surface area contributed by atoms with E-state index in [0.717, 1.165) is 0 Å². The minimum atomic E-state index is -0.402. The van der Waals surface area contributed by atoms with Crippen molar-refractivity contribution < 1.29 is 4.79 Å². The Morgan fingerprint density at radius 3 is 2.81 bits per heavy atom. The van der Waals surface area contributed by atoms with Crippen LogP contribution in [-0.4, -0.2) is 19.0 Å². The highest BCUT2D eigenvalue weighted by molar-refractivity contribution is 5.85. The third kappa shape index (κ3) is 2.42. The first-order valence-corrected chi connectivity index (χ1v) is 4.87. The van der Waals surface area contributed by atoms with E-state index in [1.165, 1.54) is 0 Å². The Labute approximate surface area is 94.2 Å². The molecule has 0 saturated heterocycles. The molecule has 1 unspecified atom stereocenters. The van der Waals surface area contributed by atoms with Gasteiger partial charge in [-0.15, -0.1) is 0 Å². The average molecular weight is 218 g/mol. The Bertz CT molecular complexity index is 436. The fraction of sp³-hybridized carbons (Fsp3) is 0.273. The first-order valence-electron chi connectivity index (χ1n) is 4.87. The molecule has 0 radical (unpaired) electrons. The van der Waals surface area contributed by atoms with Gasteiger partial charge in [-0.3, -0.25) is 4.79 Å². The fourth-order valence-electron chi connectivity index (χ4n) is 1.30. The summed E-state index contributed by atoms with van der Waals surface area (Å²) in [5, 5.41) is 14.3. The van der Waals surface area contributed by atoms with Gasteiger partial charge in [0.05, 0.1) is 16.9 Å². The molecule has 0 fully saturated rings. The van der Waals surface area contributed by atoms with Crippen LogP contribution in [0.4, 0.5) is 11.4 Å². The van der Waals surface area contributed by atoms with Crippen molar-refractivity contribution in [1.82, 2.24) is 5.32 Å². The van der Waals surface area contributed by atoms with Crippen LogP contribution in [0.3, 0.4) is 0 Å². The second-order valence-electron chi connectivity index (χ2n) is 3.36.